The van der Waals surface area contributed by atoms with Gasteiger partial charge in [-0.1, -0.05) is 0 Å². The first-order valence-electron chi connectivity index (χ1n) is 5.98. The van der Waals surface area contributed by atoms with Gasteiger partial charge in [-0.05, 0) is 19.8 Å². The van der Waals surface area contributed by atoms with E-state index in [0.717, 1.165) is 0 Å². The second-order valence-electron chi connectivity index (χ2n) is 4.50. The van der Waals surface area contributed by atoms with Crippen molar-refractivity contribution < 1.29 is 14.6 Å². The Morgan fingerprint density at radius 2 is 2.39 bits per heavy atom. The summed E-state index contributed by atoms with van der Waals surface area (Å²) in [7, 11) is 1.56. The molecule has 2 rings (SSSR count). The minimum Gasteiger partial charge on any atom is -0.481 e. The van der Waals surface area contributed by atoms with E-state index in [-0.39, 0.29) is 12.0 Å². The quantitative estimate of drug-likeness (QED) is 0.869. The summed E-state index contributed by atoms with van der Waals surface area (Å²) in [4.78, 5) is 21.5. The molecule has 1 aliphatic rings. The molecule has 0 amide bonds. The van der Waals surface area contributed by atoms with Crippen LogP contribution in [0.1, 0.15) is 19.8 Å². The van der Waals surface area contributed by atoms with E-state index >= 15 is 0 Å². The number of aromatic nitrogens is 2. The highest BCUT2D eigenvalue weighted by Crippen LogP contribution is 2.26. The molecule has 2 atom stereocenters. The fourth-order valence-corrected chi connectivity index (χ4v) is 2.28. The van der Waals surface area contributed by atoms with Crippen LogP contribution in [0, 0.1) is 5.92 Å². The zero-order valence-electron chi connectivity index (χ0n) is 10.5. The second-order valence-corrected chi connectivity index (χ2v) is 4.50. The lowest BCUT2D eigenvalue weighted by Gasteiger charge is -2.36. The Morgan fingerprint density at radius 1 is 1.61 bits per heavy atom. The maximum Gasteiger partial charge on any atom is 0.306 e. The van der Waals surface area contributed by atoms with Crippen LogP contribution in [0.5, 0.6) is 5.88 Å². The van der Waals surface area contributed by atoms with Crippen LogP contribution in [0.4, 0.5) is 5.95 Å². The number of aliphatic carboxylic acids is 1. The molecule has 1 saturated heterocycles. The van der Waals surface area contributed by atoms with E-state index in [2.05, 4.69) is 9.97 Å². The summed E-state index contributed by atoms with van der Waals surface area (Å²) in [6.07, 6.45) is 2.90. The van der Waals surface area contributed by atoms with Crippen LogP contribution in [0.25, 0.3) is 0 Å². The molecule has 1 fully saturated rings. The molecule has 1 aliphatic heterocycles. The van der Waals surface area contributed by atoms with E-state index in [9.17, 15) is 4.79 Å². The van der Waals surface area contributed by atoms with Gasteiger partial charge in [0, 0.05) is 24.8 Å². The molecule has 6 heteroatoms. The van der Waals surface area contributed by atoms with Gasteiger partial charge in [0.05, 0.1) is 13.0 Å². The second kappa shape index (κ2) is 5.20. The average Bonchev–Trinajstić information content (AvgIpc) is 2.38. The third-order valence-electron chi connectivity index (χ3n) is 3.31. The third-order valence-corrected chi connectivity index (χ3v) is 3.31. The SMILES string of the molecule is COc1ccnc(N2CCC(C(=O)O)CC2C)n1. The molecule has 0 spiro atoms. The highest BCUT2D eigenvalue weighted by atomic mass is 16.5. The van der Waals surface area contributed by atoms with E-state index in [1.807, 2.05) is 11.8 Å². The number of anilines is 1. The molecule has 98 valence electrons. The molecular formula is C12H17N3O3. The molecule has 6 nitrogen and oxygen atoms in total. The zero-order chi connectivity index (χ0) is 13.1. The van der Waals surface area contributed by atoms with Gasteiger partial charge in [0.1, 0.15) is 0 Å². The number of rotatable bonds is 3. The summed E-state index contributed by atoms with van der Waals surface area (Å²) in [6.45, 7) is 2.66. The topological polar surface area (TPSA) is 75.5 Å². The molecule has 1 N–H and O–H groups in total. The van der Waals surface area contributed by atoms with Crippen molar-refractivity contribution in [2.45, 2.75) is 25.8 Å². The zero-order valence-corrected chi connectivity index (χ0v) is 10.5. The van der Waals surface area contributed by atoms with Crippen molar-refractivity contribution in [3.8, 4) is 5.88 Å². The average molecular weight is 251 g/mol. The predicted octanol–water partition coefficient (Wildman–Crippen LogP) is 1.17. The van der Waals surface area contributed by atoms with Crippen LogP contribution in [-0.4, -0.2) is 40.7 Å². The highest BCUT2D eigenvalue weighted by molar-refractivity contribution is 5.70. The number of nitrogens with zero attached hydrogens (tertiary/aromatic N) is 3. The van der Waals surface area contributed by atoms with Crippen LogP contribution >= 0.6 is 0 Å². The number of piperidine rings is 1. The molecule has 0 bridgehead atoms. The Hall–Kier alpha value is -1.85. The Morgan fingerprint density at radius 3 is 3.00 bits per heavy atom. The van der Waals surface area contributed by atoms with E-state index < -0.39 is 5.97 Å². The Bertz CT molecular complexity index is 438. The first-order valence-corrected chi connectivity index (χ1v) is 5.98. The summed E-state index contributed by atoms with van der Waals surface area (Å²) < 4.78 is 5.07. The number of carboxylic acid groups (broad SMARTS) is 1. The maximum atomic E-state index is 11.0. The van der Waals surface area contributed by atoms with Gasteiger partial charge in [0.15, 0.2) is 0 Å². The molecule has 0 saturated carbocycles. The molecule has 2 heterocycles. The Kier molecular flexibility index (Phi) is 3.64. The van der Waals surface area contributed by atoms with E-state index in [1.165, 1.54) is 0 Å². The Balaban J connectivity index is 2.12. The smallest absolute Gasteiger partial charge is 0.306 e. The third kappa shape index (κ3) is 2.52. The van der Waals surface area contributed by atoms with Crippen molar-refractivity contribution in [3.63, 3.8) is 0 Å². The van der Waals surface area contributed by atoms with Crippen LogP contribution in [0.2, 0.25) is 0 Å². The van der Waals surface area contributed by atoms with Gasteiger partial charge in [0.25, 0.3) is 0 Å². The summed E-state index contributed by atoms with van der Waals surface area (Å²) in [5.41, 5.74) is 0. The molecular weight excluding hydrogens is 234 g/mol. The molecule has 1 aromatic heterocycles. The molecule has 0 aromatic carbocycles. The fraction of sp³-hybridized carbons (Fsp3) is 0.583. The van der Waals surface area contributed by atoms with Gasteiger partial charge in [-0.3, -0.25) is 4.79 Å². The summed E-state index contributed by atoms with van der Waals surface area (Å²) in [5.74, 6) is 0.146. The predicted molar refractivity (Wildman–Crippen MR) is 65.8 cm³/mol. The van der Waals surface area contributed by atoms with Crippen LogP contribution in [0.3, 0.4) is 0 Å². The molecule has 2 unspecified atom stereocenters. The van der Waals surface area contributed by atoms with Gasteiger partial charge in [-0.15, -0.1) is 0 Å². The Labute approximate surface area is 106 Å². The van der Waals surface area contributed by atoms with Gasteiger partial charge in [-0.2, -0.15) is 4.98 Å². The monoisotopic (exact) mass is 251 g/mol. The number of carboxylic acids is 1. The highest BCUT2D eigenvalue weighted by Gasteiger charge is 2.30. The van der Waals surface area contributed by atoms with Crippen molar-refractivity contribution in [3.05, 3.63) is 12.3 Å². The van der Waals surface area contributed by atoms with Crippen LogP contribution < -0.4 is 9.64 Å². The number of hydrogen-bond donors (Lipinski definition) is 1. The van der Waals surface area contributed by atoms with Gasteiger partial charge < -0.3 is 14.7 Å². The first kappa shape index (κ1) is 12.6. The van der Waals surface area contributed by atoms with Gasteiger partial charge in [0.2, 0.25) is 11.8 Å². The minimum absolute atomic E-state index is 0.118. The minimum atomic E-state index is -0.715. The van der Waals surface area contributed by atoms with Gasteiger partial charge in [-0.25, -0.2) is 4.98 Å². The summed E-state index contributed by atoms with van der Waals surface area (Å²) in [6, 6.07) is 1.81. The fourth-order valence-electron chi connectivity index (χ4n) is 2.28. The van der Waals surface area contributed by atoms with Crippen molar-refractivity contribution in [2.75, 3.05) is 18.6 Å². The lowest BCUT2D eigenvalue weighted by atomic mass is 9.92. The van der Waals surface area contributed by atoms with Crippen molar-refractivity contribution in [1.82, 2.24) is 9.97 Å². The molecule has 18 heavy (non-hydrogen) atoms. The van der Waals surface area contributed by atoms with Crippen LogP contribution in [-0.2, 0) is 4.79 Å². The largest absolute Gasteiger partial charge is 0.481 e. The lowest BCUT2D eigenvalue weighted by molar-refractivity contribution is -0.142. The normalized spacial score (nSPS) is 23.8. The summed E-state index contributed by atoms with van der Waals surface area (Å²) >= 11 is 0. The number of carbonyl (C=O) groups is 1. The molecule has 0 aliphatic carbocycles. The molecule has 0 radical (unpaired) electrons. The van der Waals surface area contributed by atoms with Crippen molar-refractivity contribution in [2.24, 2.45) is 5.92 Å². The van der Waals surface area contributed by atoms with Gasteiger partial charge >= 0.3 is 5.97 Å². The number of methoxy groups -OCH3 is 1. The first-order chi connectivity index (χ1) is 8.61. The summed E-state index contributed by atoms with van der Waals surface area (Å²) in [5, 5.41) is 9.03. The number of ether oxygens (including phenoxy) is 1. The van der Waals surface area contributed by atoms with Crippen molar-refractivity contribution in [1.29, 1.82) is 0 Å². The van der Waals surface area contributed by atoms with E-state index in [4.69, 9.17) is 9.84 Å². The van der Waals surface area contributed by atoms with Crippen molar-refractivity contribution >= 4 is 11.9 Å². The number of hydrogen-bond acceptors (Lipinski definition) is 5. The molecule has 1 aromatic rings. The lowest BCUT2D eigenvalue weighted by Crippen LogP contribution is -2.43. The van der Waals surface area contributed by atoms with E-state index in [0.29, 0.717) is 31.2 Å². The maximum absolute atomic E-state index is 11.0. The van der Waals surface area contributed by atoms with Crippen LogP contribution in [0.15, 0.2) is 12.3 Å². The standard InChI is InChI=1S/C12H17N3O3/c1-8-7-9(11(16)17)4-6-15(8)12-13-5-3-10(14-12)18-2/h3,5,8-9H,4,6-7H2,1-2H3,(H,16,17). The van der Waals surface area contributed by atoms with E-state index in [1.54, 1.807) is 19.4 Å².